The van der Waals surface area contributed by atoms with Gasteiger partial charge in [-0.3, -0.25) is 14.5 Å². The average Bonchev–Trinajstić information content (AvgIpc) is 3.17. The molecule has 7 nitrogen and oxygen atoms in total. The second kappa shape index (κ2) is 10.8. The zero-order chi connectivity index (χ0) is 28.5. The SMILES string of the molecule is COc1ccc(/C(O)=C2/C(=O)C(=O)N(c3ccc(C(=O)OC(C)C)cc3)C2c2ccccc2)cc1C(C)(C)C. The fourth-order valence-corrected chi connectivity index (χ4v) is 4.69. The van der Waals surface area contributed by atoms with Gasteiger partial charge in [0.15, 0.2) is 0 Å². The molecular formula is C32H33NO6. The van der Waals surface area contributed by atoms with Crippen molar-refractivity contribution < 1.29 is 29.0 Å². The number of nitrogens with zero attached hydrogens (tertiary/aromatic N) is 1. The standard InChI is InChI=1S/C32H33NO6/c1-19(2)39-31(37)21-12-15-23(16-13-21)33-27(20-10-8-7-9-11-20)26(29(35)30(33)36)28(34)22-14-17-25(38-6)24(18-22)32(3,4)5/h7-19,27,34H,1-6H3/b28-26-. The third-order valence-electron chi connectivity index (χ3n) is 6.56. The van der Waals surface area contributed by atoms with Crippen molar-refractivity contribution in [1.82, 2.24) is 0 Å². The van der Waals surface area contributed by atoms with Crippen molar-refractivity contribution in [2.45, 2.75) is 52.2 Å². The molecule has 1 aliphatic rings. The Morgan fingerprint density at radius 1 is 0.923 bits per heavy atom. The first-order valence-electron chi connectivity index (χ1n) is 12.8. The van der Waals surface area contributed by atoms with Crippen molar-refractivity contribution in [3.05, 3.63) is 101 Å². The number of esters is 1. The Bertz CT molecular complexity index is 1430. The molecule has 0 spiro atoms. The molecule has 3 aromatic rings. The highest BCUT2D eigenvalue weighted by Crippen LogP contribution is 2.43. The molecule has 0 saturated carbocycles. The van der Waals surface area contributed by atoms with Gasteiger partial charge in [-0.15, -0.1) is 0 Å². The minimum Gasteiger partial charge on any atom is -0.507 e. The molecule has 1 fully saturated rings. The van der Waals surface area contributed by atoms with Crippen LogP contribution >= 0.6 is 0 Å². The third-order valence-corrected chi connectivity index (χ3v) is 6.56. The topological polar surface area (TPSA) is 93.1 Å². The molecule has 0 aliphatic carbocycles. The van der Waals surface area contributed by atoms with Gasteiger partial charge < -0.3 is 14.6 Å². The van der Waals surface area contributed by atoms with Gasteiger partial charge in [0.2, 0.25) is 0 Å². The van der Waals surface area contributed by atoms with Crippen LogP contribution in [0.15, 0.2) is 78.4 Å². The maximum atomic E-state index is 13.5. The number of carbonyl (C=O) groups excluding carboxylic acids is 3. The van der Waals surface area contributed by atoms with E-state index in [1.165, 1.54) is 4.90 Å². The highest BCUT2D eigenvalue weighted by molar-refractivity contribution is 6.51. The monoisotopic (exact) mass is 527 g/mol. The summed E-state index contributed by atoms with van der Waals surface area (Å²) in [5.41, 5.74) is 2.34. The zero-order valence-electron chi connectivity index (χ0n) is 23.0. The lowest BCUT2D eigenvalue weighted by molar-refractivity contribution is -0.132. The van der Waals surface area contributed by atoms with Crippen molar-refractivity contribution >= 4 is 29.1 Å². The number of aliphatic hydroxyl groups excluding tert-OH is 1. The number of benzene rings is 3. The van der Waals surface area contributed by atoms with Gasteiger partial charge in [0, 0.05) is 16.8 Å². The number of carbonyl (C=O) groups is 3. The lowest BCUT2D eigenvalue weighted by atomic mass is 9.84. The molecule has 1 amide bonds. The van der Waals surface area contributed by atoms with E-state index >= 15 is 0 Å². The summed E-state index contributed by atoms with van der Waals surface area (Å²) in [6.07, 6.45) is -0.273. The van der Waals surface area contributed by atoms with Gasteiger partial charge in [0.1, 0.15) is 11.5 Å². The van der Waals surface area contributed by atoms with E-state index in [4.69, 9.17) is 9.47 Å². The van der Waals surface area contributed by atoms with Crippen LogP contribution in [0.1, 0.15) is 67.7 Å². The highest BCUT2D eigenvalue weighted by Gasteiger charge is 2.47. The van der Waals surface area contributed by atoms with Crippen LogP contribution in [-0.4, -0.2) is 36.0 Å². The number of hydrogen-bond acceptors (Lipinski definition) is 6. The molecule has 4 rings (SSSR count). The largest absolute Gasteiger partial charge is 0.507 e. The second-order valence-electron chi connectivity index (χ2n) is 10.7. The highest BCUT2D eigenvalue weighted by atomic mass is 16.5. The summed E-state index contributed by atoms with van der Waals surface area (Å²) in [6, 6.07) is 19.7. The van der Waals surface area contributed by atoms with Crippen LogP contribution < -0.4 is 9.64 Å². The number of aliphatic hydroxyl groups is 1. The molecule has 1 aliphatic heterocycles. The first-order valence-corrected chi connectivity index (χ1v) is 12.8. The van der Waals surface area contributed by atoms with Gasteiger partial charge in [-0.1, -0.05) is 51.1 Å². The quantitative estimate of drug-likeness (QED) is 0.178. The number of Topliss-reactive ketones (excluding diaryl/α,β-unsaturated/α-hetero) is 1. The molecule has 1 heterocycles. The lowest BCUT2D eigenvalue weighted by Crippen LogP contribution is -2.29. The Kier molecular flexibility index (Phi) is 7.63. The van der Waals surface area contributed by atoms with Gasteiger partial charge >= 0.3 is 5.97 Å². The number of ketones is 1. The molecule has 39 heavy (non-hydrogen) atoms. The summed E-state index contributed by atoms with van der Waals surface area (Å²) in [5, 5.41) is 11.5. The maximum absolute atomic E-state index is 13.5. The van der Waals surface area contributed by atoms with E-state index in [9.17, 15) is 19.5 Å². The number of ether oxygens (including phenoxy) is 2. The maximum Gasteiger partial charge on any atom is 0.338 e. The fourth-order valence-electron chi connectivity index (χ4n) is 4.69. The van der Waals surface area contributed by atoms with Crippen molar-refractivity contribution in [2.75, 3.05) is 12.0 Å². The summed E-state index contributed by atoms with van der Waals surface area (Å²) >= 11 is 0. The predicted molar refractivity (Wildman–Crippen MR) is 150 cm³/mol. The number of hydrogen-bond donors (Lipinski definition) is 1. The minimum absolute atomic E-state index is 0.0143. The molecule has 1 atom stereocenters. The number of methoxy groups -OCH3 is 1. The Morgan fingerprint density at radius 2 is 1.54 bits per heavy atom. The van der Waals surface area contributed by atoms with Gasteiger partial charge in [0.05, 0.1) is 30.4 Å². The van der Waals surface area contributed by atoms with Crippen LogP contribution in [0.5, 0.6) is 5.75 Å². The second-order valence-corrected chi connectivity index (χ2v) is 10.7. The van der Waals surface area contributed by atoms with Gasteiger partial charge in [-0.2, -0.15) is 0 Å². The molecule has 3 aromatic carbocycles. The number of amides is 1. The van der Waals surface area contributed by atoms with Crippen molar-refractivity contribution in [2.24, 2.45) is 0 Å². The van der Waals surface area contributed by atoms with Crippen molar-refractivity contribution in [1.29, 1.82) is 0 Å². The first kappa shape index (κ1) is 27.6. The van der Waals surface area contributed by atoms with Gasteiger partial charge in [0.25, 0.3) is 11.7 Å². The molecule has 0 aromatic heterocycles. The zero-order valence-corrected chi connectivity index (χ0v) is 23.0. The normalized spacial score (nSPS) is 17.0. The van der Waals surface area contributed by atoms with Crippen LogP contribution in [0.3, 0.4) is 0 Å². The molecule has 0 radical (unpaired) electrons. The smallest absolute Gasteiger partial charge is 0.338 e. The summed E-state index contributed by atoms with van der Waals surface area (Å²) in [6.45, 7) is 9.60. The number of rotatable bonds is 6. The van der Waals surface area contributed by atoms with E-state index in [1.54, 1.807) is 75.6 Å². The third kappa shape index (κ3) is 5.43. The van der Waals surface area contributed by atoms with Crippen LogP contribution in [-0.2, 0) is 19.7 Å². The van der Waals surface area contributed by atoms with Crippen molar-refractivity contribution in [3.8, 4) is 5.75 Å². The van der Waals surface area contributed by atoms with Gasteiger partial charge in [-0.05, 0) is 67.3 Å². The Labute approximate surface area is 228 Å². The fraction of sp³-hybridized carbons (Fsp3) is 0.281. The summed E-state index contributed by atoms with van der Waals surface area (Å²) in [7, 11) is 1.58. The summed E-state index contributed by atoms with van der Waals surface area (Å²) in [4.78, 5) is 40.6. The predicted octanol–water partition coefficient (Wildman–Crippen LogP) is 6.18. The van der Waals surface area contributed by atoms with E-state index in [1.807, 2.05) is 39.0 Å². The Balaban J connectivity index is 1.86. The number of anilines is 1. The molecular weight excluding hydrogens is 494 g/mol. The Morgan fingerprint density at radius 3 is 2.10 bits per heavy atom. The molecule has 1 unspecified atom stereocenters. The van der Waals surface area contributed by atoms with Crippen molar-refractivity contribution in [3.63, 3.8) is 0 Å². The van der Waals surface area contributed by atoms with E-state index in [2.05, 4.69) is 0 Å². The van der Waals surface area contributed by atoms with E-state index in [-0.39, 0.29) is 22.9 Å². The van der Waals surface area contributed by atoms with Crippen LogP contribution in [0.2, 0.25) is 0 Å². The van der Waals surface area contributed by atoms with Crippen LogP contribution in [0.4, 0.5) is 5.69 Å². The van der Waals surface area contributed by atoms with E-state index in [0.717, 1.165) is 5.56 Å². The molecule has 1 saturated heterocycles. The Hall–Kier alpha value is -4.39. The van der Waals surface area contributed by atoms with Gasteiger partial charge in [-0.25, -0.2) is 4.79 Å². The molecule has 0 bridgehead atoms. The first-order chi connectivity index (χ1) is 18.4. The summed E-state index contributed by atoms with van der Waals surface area (Å²) in [5.74, 6) is -1.65. The lowest BCUT2D eigenvalue weighted by Gasteiger charge is -2.26. The minimum atomic E-state index is -0.875. The van der Waals surface area contributed by atoms with E-state index < -0.39 is 23.7 Å². The summed E-state index contributed by atoms with van der Waals surface area (Å²) < 4.78 is 10.8. The van der Waals surface area contributed by atoms with E-state index in [0.29, 0.717) is 28.1 Å². The van der Waals surface area contributed by atoms with Crippen LogP contribution in [0, 0.1) is 0 Å². The van der Waals surface area contributed by atoms with Crippen LogP contribution in [0.25, 0.3) is 5.76 Å². The molecule has 1 N–H and O–H groups in total. The molecule has 7 heteroatoms. The molecule has 202 valence electrons. The average molecular weight is 528 g/mol.